The van der Waals surface area contributed by atoms with Crippen molar-refractivity contribution < 1.29 is 0 Å². The van der Waals surface area contributed by atoms with E-state index in [1.54, 1.807) is 11.3 Å². The highest BCUT2D eigenvalue weighted by Crippen LogP contribution is 2.32. The third kappa shape index (κ3) is 2.07. The first kappa shape index (κ1) is 11.8. The van der Waals surface area contributed by atoms with Crippen molar-refractivity contribution in [2.45, 2.75) is 13.0 Å². The summed E-state index contributed by atoms with van der Waals surface area (Å²) in [5.74, 6) is 0. The highest BCUT2D eigenvalue weighted by molar-refractivity contribution is 9.10. The molecule has 16 heavy (non-hydrogen) atoms. The van der Waals surface area contributed by atoms with Crippen LogP contribution in [0.3, 0.4) is 0 Å². The molecule has 0 radical (unpaired) electrons. The zero-order valence-corrected chi connectivity index (χ0v) is 11.9. The number of nitrogens with zero attached hydrogens (tertiary/aromatic N) is 2. The van der Waals surface area contributed by atoms with Gasteiger partial charge in [0.25, 0.3) is 0 Å². The Labute approximate surface area is 108 Å². The number of aromatic nitrogens is 2. The topological polar surface area (TPSA) is 29.9 Å². The molecule has 0 saturated carbocycles. The van der Waals surface area contributed by atoms with E-state index in [1.807, 2.05) is 25.7 Å². The molecule has 2 heterocycles. The fourth-order valence-corrected chi connectivity index (χ4v) is 3.55. The molecule has 1 unspecified atom stereocenters. The second kappa shape index (κ2) is 4.69. The molecule has 0 amide bonds. The second-order valence-corrected chi connectivity index (χ2v) is 5.49. The van der Waals surface area contributed by atoms with Gasteiger partial charge in [0.2, 0.25) is 0 Å². The van der Waals surface area contributed by atoms with Crippen molar-refractivity contribution in [3.63, 3.8) is 0 Å². The summed E-state index contributed by atoms with van der Waals surface area (Å²) in [5.41, 5.74) is 2.23. The largest absolute Gasteiger partial charge is 0.307 e. The Hall–Kier alpha value is -0.650. The van der Waals surface area contributed by atoms with E-state index in [0.29, 0.717) is 0 Å². The highest BCUT2D eigenvalue weighted by atomic mass is 79.9. The first-order valence-corrected chi connectivity index (χ1v) is 6.71. The lowest BCUT2D eigenvalue weighted by atomic mass is 10.1. The Morgan fingerprint density at radius 1 is 1.56 bits per heavy atom. The third-order valence-corrected chi connectivity index (χ3v) is 4.47. The molecule has 2 aromatic rings. The summed E-state index contributed by atoms with van der Waals surface area (Å²) >= 11 is 5.32. The minimum Gasteiger partial charge on any atom is -0.307 e. The minimum absolute atomic E-state index is 0.195. The average Bonchev–Trinajstić information content (AvgIpc) is 2.77. The van der Waals surface area contributed by atoms with Gasteiger partial charge in [0.1, 0.15) is 0 Å². The molecular formula is C11H14BrN3S. The molecule has 0 aliphatic carbocycles. The van der Waals surface area contributed by atoms with Gasteiger partial charge in [0.05, 0.1) is 17.4 Å². The van der Waals surface area contributed by atoms with Gasteiger partial charge >= 0.3 is 0 Å². The summed E-state index contributed by atoms with van der Waals surface area (Å²) in [6.07, 6.45) is 0. The van der Waals surface area contributed by atoms with Gasteiger partial charge < -0.3 is 5.32 Å². The van der Waals surface area contributed by atoms with Gasteiger partial charge in [-0.1, -0.05) is 0 Å². The zero-order chi connectivity index (χ0) is 11.7. The van der Waals surface area contributed by atoms with Gasteiger partial charge in [-0.3, -0.25) is 4.68 Å². The molecule has 0 aliphatic heterocycles. The molecule has 0 saturated heterocycles. The summed E-state index contributed by atoms with van der Waals surface area (Å²) in [4.78, 5) is 1.28. The number of halogens is 1. The number of rotatable bonds is 3. The Morgan fingerprint density at radius 2 is 2.31 bits per heavy atom. The summed E-state index contributed by atoms with van der Waals surface area (Å²) < 4.78 is 3.08. The molecule has 0 fully saturated rings. The Balaban J connectivity index is 2.44. The predicted molar refractivity (Wildman–Crippen MR) is 70.9 cm³/mol. The molecule has 0 spiro atoms. The highest BCUT2D eigenvalue weighted by Gasteiger charge is 2.19. The number of hydrogen-bond acceptors (Lipinski definition) is 3. The van der Waals surface area contributed by atoms with E-state index >= 15 is 0 Å². The quantitative estimate of drug-likeness (QED) is 0.944. The van der Waals surface area contributed by atoms with Gasteiger partial charge in [-0.2, -0.15) is 5.10 Å². The summed E-state index contributed by atoms with van der Waals surface area (Å²) in [7, 11) is 3.95. The Morgan fingerprint density at radius 3 is 2.75 bits per heavy atom. The molecule has 2 aromatic heterocycles. The van der Waals surface area contributed by atoms with Crippen molar-refractivity contribution in [2.75, 3.05) is 7.05 Å². The molecule has 3 nitrogen and oxygen atoms in total. The summed E-state index contributed by atoms with van der Waals surface area (Å²) in [5, 5.41) is 9.81. The van der Waals surface area contributed by atoms with E-state index in [-0.39, 0.29) is 6.04 Å². The van der Waals surface area contributed by atoms with Gasteiger partial charge in [0.15, 0.2) is 0 Å². The molecule has 0 aliphatic rings. The molecule has 0 aromatic carbocycles. The van der Waals surface area contributed by atoms with Crippen molar-refractivity contribution in [3.8, 4) is 0 Å². The SMILES string of the molecule is CNC(c1sccc1Br)c1cc(C)nn1C. The fraction of sp³-hybridized carbons (Fsp3) is 0.364. The lowest BCUT2D eigenvalue weighted by molar-refractivity contribution is 0.610. The van der Waals surface area contributed by atoms with Crippen molar-refractivity contribution >= 4 is 27.3 Å². The van der Waals surface area contributed by atoms with Crippen LogP contribution in [0.15, 0.2) is 22.0 Å². The zero-order valence-electron chi connectivity index (χ0n) is 9.49. The van der Waals surface area contributed by atoms with Gasteiger partial charge in [-0.25, -0.2) is 0 Å². The average molecular weight is 300 g/mol. The molecular weight excluding hydrogens is 286 g/mol. The van der Waals surface area contributed by atoms with Crippen molar-refractivity contribution in [1.29, 1.82) is 0 Å². The second-order valence-electron chi connectivity index (χ2n) is 3.69. The van der Waals surface area contributed by atoms with Crippen LogP contribution in [0.5, 0.6) is 0 Å². The van der Waals surface area contributed by atoms with Crippen LogP contribution in [-0.2, 0) is 7.05 Å². The molecule has 86 valence electrons. The van der Waals surface area contributed by atoms with Gasteiger partial charge in [-0.15, -0.1) is 11.3 Å². The van der Waals surface area contributed by atoms with Crippen LogP contribution in [0.2, 0.25) is 0 Å². The van der Waals surface area contributed by atoms with Crippen molar-refractivity contribution in [1.82, 2.24) is 15.1 Å². The number of thiophene rings is 1. The number of aryl methyl sites for hydroxylation is 2. The van der Waals surface area contributed by atoms with Gasteiger partial charge in [-0.05, 0) is 47.4 Å². The van der Waals surface area contributed by atoms with Crippen LogP contribution >= 0.6 is 27.3 Å². The van der Waals surface area contributed by atoms with Crippen LogP contribution in [0.1, 0.15) is 22.3 Å². The standard InChI is InChI=1S/C11H14BrN3S/c1-7-6-9(15(3)14-7)10(13-2)11-8(12)4-5-16-11/h4-6,10,13H,1-3H3. The van der Waals surface area contributed by atoms with E-state index in [4.69, 9.17) is 0 Å². The predicted octanol–water partition coefficient (Wildman–Crippen LogP) is 2.86. The normalized spacial score (nSPS) is 13.0. The summed E-state index contributed by atoms with van der Waals surface area (Å²) in [6, 6.07) is 4.39. The van der Waals surface area contributed by atoms with Crippen LogP contribution < -0.4 is 5.32 Å². The Kier molecular flexibility index (Phi) is 3.47. The fourth-order valence-electron chi connectivity index (χ4n) is 1.83. The molecule has 1 N–H and O–H groups in total. The minimum atomic E-state index is 0.195. The van der Waals surface area contributed by atoms with Crippen molar-refractivity contribution in [2.24, 2.45) is 7.05 Å². The molecule has 2 rings (SSSR count). The van der Waals surface area contributed by atoms with E-state index in [0.717, 1.165) is 10.2 Å². The third-order valence-electron chi connectivity index (χ3n) is 2.53. The lowest BCUT2D eigenvalue weighted by Crippen LogP contribution is -2.19. The van der Waals surface area contributed by atoms with Crippen LogP contribution in [0.4, 0.5) is 0 Å². The Bertz CT molecular complexity index is 489. The molecule has 1 atom stereocenters. The summed E-state index contributed by atoms with van der Waals surface area (Å²) in [6.45, 7) is 2.01. The number of nitrogens with one attached hydrogen (secondary N) is 1. The van der Waals surface area contributed by atoms with Gasteiger partial charge in [0, 0.05) is 16.4 Å². The van der Waals surface area contributed by atoms with Crippen LogP contribution in [-0.4, -0.2) is 16.8 Å². The molecule has 0 bridgehead atoms. The maximum Gasteiger partial charge on any atom is 0.0850 e. The van der Waals surface area contributed by atoms with Crippen LogP contribution in [0, 0.1) is 6.92 Å². The van der Waals surface area contributed by atoms with Crippen LogP contribution in [0.25, 0.3) is 0 Å². The number of hydrogen-bond donors (Lipinski definition) is 1. The van der Waals surface area contributed by atoms with E-state index in [1.165, 1.54) is 10.6 Å². The first-order valence-electron chi connectivity index (χ1n) is 5.04. The van der Waals surface area contributed by atoms with Crippen molar-refractivity contribution in [3.05, 3.63) is 38.3 Å². The lowest BCUT2D eigenvalue weighted by Gasteiger charge is -2.15. The van der Waals surface area contributed by atoms with E-state index in [2.05, 4.69) is 43.9 Å². The maximum atomic E-state index is 4.39. The monoisotopic (exact) mass is 299 g/mol. The maximum absolute atomic E-state index is 4.39. The molecule has 5 heteroatoms. The van der Waals surface area contributed by atoms with E-state index < -0.39 is 0 Å². The first-order chi connectivity index (χ1) is 7.63. The van der Waals surface area contributed by atoms with E-state index in [9.17, 15) is 0 Å². The smallest absolute Gasteiger partial charge is 0.0850 e.